The van der Waals surface area contributed by atoms with Gasteiger partial charge in [0.2, 0.25) is 5.88 Å². The summed E-state index contributed by atoms with van der Waals surface area (Å²) in [6, 6.07) is 10.3. The Labute approximate surface area is 142 Å². The minimum atomic E-state index is -0.245. The van der Waals surface area contributed by atoms with E-state index < -0.39 is 0 Å². The molecule has 0 saturated carbocycles. The first-order valence-corrected chi connectivity index (χ1v) is 7.98. The second kappa shape index (κ2) is 9.50. The van der Waals surface area contributed by atoms with Crippen molar-refractivity contribution in [2.45, 2.75) is 26.4 Å². The molecule has 6 heteroatoms. The second-order valence-electron chi connectivity index (χ2n) is 5.23. The Balaban J connectivity index is 1.90. The van der Waals surface area contributed by atoms with Crippen molar-refractivity contribution < 1.29 is 9.13 Å². The quantitative estimate of drug-likeness (QED) is 0.605. The van der Waals surface area contributed by atoms with Crippen molar-refractivity contribution >= 4 is 5.96 Å². The van der Waals surface area contributed by atoms with E-state index in [2.05, 4.69) is 27.5 Å². The summed E-state index contributed by atoms with van der Waals surface area (Å²) in [5.74, 6) is 1.02. The van der Waals surface area contributed by atoms with Gasteiger partial charge in [-0.05, 0) is 30.2 Å². The Morgan fingerprint density at radius 2 is 2.04 bits per heavy atom. The Morgan fingerprint density at radius 3 is 2.79 bits per heavy atom. The third kappa shape index (κ3) is 5.53. The number of hydrogen-bond acceptors (Lipinski definition) is 3. The third-order valence-electron chi connectivity index (χ3n) is 3.31. The van der Waals surface area contributed by atoms with Crippen LogP contribution in [0, 0.1) is 5.82 Å². The molecule has 2 aromatic rings. The van der Waals surface area contributed by atoms with E-state index in [9.17, 15) is 4.39 Å². The molecule has 128 valence electrons. The highest BCUT2D eigenvalue weighted by Crippen LogP contribution is 2.14. The van der Waals surface area contributed by atoms with E-state index in [0.717, 1.165) is 17.5 Å². The zero-order chi connectivity index (χ0) is 17.2. The minimum Gasteiger partial charge on any atom is -0.477 e. The standard InChI is InChI=1S/C18H23FN4O/c1-3-10-24-17-15(7-5-9-21-17)13-23-18(20-2)22-12-14-6-4-8-16(19)11-14/h4-9,11H,3,10,12-13H2,1-2H3,(H2,20,22,23). The van der Waals surface area contributed by atoms with Gasteiger partial charge >= 0.3 is 0 Å². The Morgan fingerprint density at radius 1 is 1.21 bits per heavy atom. The Kier molecular flexibility index (Phi) is 7.01. The van der Waals surface area contributed by atoms with Gasteiger partial charge in [-0.2, -0.15) is 0 Å². The lowest BCUT2D eigenvalue weighted by Crippen LogP contribution is -2.36. The van der Waals surface area contributed by atoms with Gasteiger partial charge in [-0.15, -0.1) is 0 Å². The molecule has 0 spiro atoms. The average Bonchev–Trinajstić information content (AvgIpc) is 2.61. The van der Waals surface area contributed by atoms with Crippen molar-refractivity contribution in [1.82, 2.24) is 15.6 Å². The van der Waals surface area contributed by atoms with Gasteiger partial charge in [0.25, 0.3) is 0 Å². The number of ether oxygens (including phenoxy) is 1. The van der Waals surface area contributed by atoms with E-state index in [1.165, 1.54) is 12.1 Å². The molecule has 0 fully saturated rings. The maximum absolute atomic E-state index is 13.2. The van der Waals surface area contributed by atoms with Gasteiger partial charge < -0.3 is 15.4 Å². The highest BCUT2D eigenvalue weighted by molar-refractivity contribution is 5.79. The highest BCUT2D eigenvalue weighted by Gasteiger charge is 2.06. The molecule has 0 atom stereocenters. The van der Waals surface area contributed by atoms with Gasteiger partial charge in [0.15, 0.2) is 5.96 Å². The number of rotatable bonds is 7. The van der Waals surface area contributed by atoms with Gasteiger partial charge in [-0.25, -0.2) is 9.37 Å². The molecule has 0 amide bonds. The van der Waals surface area contributed by atoms with Crippen LogP contribution < -0.4 is 15.4 Å². The maximum Gasteiger partial charge on any atom is 0.218 e. The normalized spacial score (nSPS) is 11.2. The summed E-state index contributed by atoms with van der Waals surface area (Å²) in [5.41, 5.74) is 1.81. The average molecular weight is 330 g/mol. The van der Waals surface area contributed by atoms with Crippen LogP contribution in [0.4, 0.5) is 4.39 Å². The maximum atomic E-state index is 13.2. The van der Waals surface area contributed by atoms with Gasteiger partial charge in [0.05, 0.1) is 6.61 Å². The van der Waals surface area contributed by atoms with Crippen molar-refractivity contribution in [3.8, 4) is 5.88 Å². The first kappa shape index (κ1) is 17.7. The Hall–Kier alpha value is -2.63. The molecule has 2 N–H and O–H groups in total. The number of aromatic nitrogens is 1. The SMILES string of the molecule is CCCOc1ncccc1CNC(=NC)NCc1cccc(F)c1. The molecule has 0 unspecified atom stereocenters. The molecule has 0 bridgehead atoms. The van der Waals surface area contributed by atoms with Crippen LogP contribution in [-0.2, 0) is 13.1 Å². The number of aliphatic imine (C=N–C) groups is 1. The summed E-state index contributed by atoms with van der Waals surface area (Å²) < 4.78 is 18.8. The lowest BCUT2D eigenvalue weighted by atomic mass is 10.2. The van der Waals surface area contributed by atoms with Crippen LogP contribution in [0.3, 0.4) is 0 Å². The van der Waals surface area contributed by atoms with Gasteiger partial charge in [-0.1, -0.05) is 25.1 Å². The molecule has 0 aliphatic carbocycles. The smallest absolute Gasteiger partial charge is 0.218 e. The van der Waals surface area contributed by atoms with Crippen molar-refractivity contribution in [2.24, 2.45) is 4.99 Å². The fourth-order valence-electron chi connectivity index (χ4n) is 2.12. The lowest BCUT2D eigenvalue weighted by molar-refractivity contribution is 0.301. The van der Waals surface area contributed by atoms with E-state index in [-0.39, 0.29) is 5.82 Å². The fourth-order valence-corrected chi connectivity index (χ4v) is 2.12. The van der Waals surface area contributed by atoms with Crippen LogP contribution in [0.2, 0.25) is 0 Å². The molecular formula is C18H23FN4O. The van der Waals surface area contributed by atoms with E-state index in [1.54, 1.807) is 19.3 Å². The first-order chi connectivity index (χ1) is 11.7. The summed E-state index contributed by atoms with van der Waals surface area (Å²) >= 11 is 0. The van der Waals surface area contributed by atoms with Crippen molar-refractivity contribution in [2.75, 3.05) is 13.7 Å². The summed E-state index contributed by atoms with van der Waals surface area (Å²) in [7, 11) is 1.69. The zero-order valence-corrected chi connectivity index (χ0v) is 14.1. The first-order valence-electron chi connectivity index (χ1n) is 7.98. The summed E-state index contributed by atoms with van der Waals surface area (Å²) in [4.78, 5) is 8.43. The topological polar surface area (TPSA) is 58.5 Å². The van der Waals surface area contributed by atoms with E-state index in [4.69, 9.17) is 4.74 Å². The molecule has 1 heterocycles. The van der Waals surface area contributed by atoms with Crippen LogP contribution in [0.25, 0.3) is 0 Å². The van der Waals surface area contributed by atoms with Crippen LogP contribution in [0.1, 0.15) is 24.5 Å². The molecule has 24 heavy (non-hydrogen) atoms. The number of pyridine rings is 1. The third-order valence-corrected chi connectivity index (χ3v) is 3.31. The number of benzene rings is 1. The number of nitrogens with zero attached hydrogens (tertiary/aromatic N) is 2. The predicted molar refractivity (Wildman–Crippen MR) is 93.5 cm³/mol. The molecule has 0 aliphatic heterocycles. The van der Waals surface area contributed by atoms with Gasteiger partial charge in [0.1, 0.15) is 5.82 Å². The minimum absolute atomic E-state index is 0.245. The van der Waals surface area contributed by atoms with E-state index >= 15 is 0 Å². The monoisotopic (exact) mass is 330 g/mol. The van der Waals surface area contributed by atoms with E-state index in [1.807, 2.05) is 18.2 Å². The summed E-state index contributed by atoms with van der Waals surface area (Å²) in [6.07, 6.45) is 2.64. The molecule has 5 nitrogen and oxygen atoms in total. The molecule has 0 radical (unpaired) electrons. The van der Waals surface area contributed by atoms with Gasteiger partial charge in [0, 0.05) is 31.9 Å². The van der Waals surface area contributed by atoms with Gasteiger partial charge in [-0.3, -0.25) is 4.99 Å². The fraction of sp³-hybridized carbons (Fsp3) is 0.333. The van der Waals surface area contributed by atoms with E-state index in [0.29, 0.717) is 31.5 Å². The number of nitrogens with one attached hydrogen (secondary N) is 2. The van der Waals surface area contributed by atoms with Crippen molar-refractivity contribution in [3.63, 3.8) is 0 Å². The molecule has 1 aromatic carbocycles. The second-order valence-corrected chi connectivity index (χ2v) is 5.23. The van der Waals surface area contributed by atoms with Crippen LogP contribution in [0.15, 0.2) is 47.6 Å². The molecular weight excluding hydrogens is 307 g/mol. The lowest BCUT2D eigenvalue weighted by Gasteiger charge is -2.14. The van der Waals surface area contributed by atoms with Crippen molar-refractivity contribution in [3.05, 3.63) is 59.5 Å². The summed E-state index contributed by atoms with van der Waals surface area (Å²) in [5, 5.41) is 6.37. The predicted octanol–water partition coefficient (Wildman–Crippen LogP) is 2.87. The van der Waals surface area contributed by atoms with Crippen LogP contribution in [-0.4, -0.2) is 24.6 Å². The number of halogens is 1. The van der Waals surface area contributed by atoms with Crippen molar-refractivity contribution in [1.29, 1.82) is 0 Å². The number of hydrogen-bond donors (Lipinski definition) is 2. The van der Waals surface area contributed by atoms with Crippen LogP contribution >= 0.6 is 0 Å². The highest BCUT2D eigenvalue weighted by atomic mass is 19.1. The molecule has 1 aromatic heterocycles. The number of guanidine groups is 1. The zero-order valence-electron chi connectivity index (χ0n) is 14.1. The molecule has 2 rings (SSSR count). The largest absolute Gasteiger partial charge is 0.477 e. The summed E-state index contributed by atoms with van der Waals surface area (Å²) in [6.45, 7) is 3.72. The molecule has 0 aliphatic rings. The molecule has 0 saturated heterocycles. The van der Waals surface area contributed by atoms with Crippen LogP contribution in [0.5, 0.6) is 5.88 Å². The Bertz CT molecular complexity index is 676.